The number of benzene rings is 2. The third kappa shape index (κ3) is 3.84. The number of hydrogen-bond donors (Lipinski definition) is 1. The molecular formula is C18H20N2O. The third-order valence-electron chi connectivity index (χ3n) is 3.54. The van der Waals surface area contributed by atoms with Crippen molar-refractivity contribution in [2.45, 2.75) is 26.4 Å². The SMILES string of the molecule is COc1ccc(CN[C@H](C)c2cccc(C)c2)cc1C#N. The van der Waals surface area contributed by atoms with Crippen molar-refractivity contribution in [2.75, 3.05) is 7.11 Å². The number of hydrogen-bond acceptors (Lipinski definition) is 3. The Morgan fingerprint density at radius 1 is 1.24 bits per heavy atom. The summed E-state index contributed by atoms with van der Waals surface area (Å²) in [6, 6.07) is 16.6. The third-order valence-corrected chi connectivity index (χ3v) is 3.54. The normalized spacial score (nSPS) is 11.7. The highest BCUT2D eigenvalue weighted by Gasteiger charge is 2.07. The maximum Gasteiger partial charge on any atom is 0.136 e. The lowest BCUT2D eigenvalue weighted by molar-refractivity contribution is 0.413. The molecule has 2 aromatic carbocycles. The van der Waals surface area contributed by atoms with Crippen molar-refractivity contribution in [3.8, 4) is 11.8 Å². The van der Waals surface area contributed by atoms with E-state index in [-0.39, 0.29) is 6.04 Å². The van der Waals surface area contributed by atoms with E-state index in [1.807, 2.05) is 18.2 Å². The van der Waals surface area contributed by atoms with Gasteiger partial charge < -0.3 is 10.1 Å². The largest absolute Gasteiger partial charge is 0.495 e. The lowest BCUT2D eigenvalue weighted by Crippen LogP contribution is -2.18. The second-order valence-corrected chi connectivity index (χ2v) is 5.16. The number of aryl methyl sites for hydroxylation is 1. The molecule has 0 fully saturated rings. The van der Waals surface area contributed by atoms with Crippen LogP contribution < -0.4 is 10.1 Å². The molecule has 108 valence electrons. The fraction of sp³-hybridized carbons (Fsp3) is 0.278. The van der Waals surface area contributed by atoms with Crippen molar-refractivity contribution in [3.63, 3.8) is 0 Å². The molecule has 0 aliphatic heterocycles. The van der Waals surface area contributed by atoms with Gasteiger partial charge in [-0.15, -0.1) is 0 Å². The zero-order chi connectivity index (χ0) is 15.2. The Labute approximate surface area is 126 Å². The van der Waals surface area contributed by atoms with Gasteiger partial charge in [0.25, 0.3) is 0 Å². The van der Waals surface area contributed by atoms with Gasteiger partial charge in [0.2, 0.25) is 0 Å². The summed E-state index contributed by atoms with van der Waals surface area (Å²) in [6.07, 6.45) is 0. The summed E-state index contributed by atoms with van der Waals surface area (Å²) in [4.78, 5) is 0. The van der Waals surface area contributed by atoms with E-state index in [0.29, 0.717) is 17.9 Å². The van der Waals surface area contributed by atoms with Gasteiger partial charge in [0, 0.05) is 12.6 Å². The Kier molecular flexibility index (Phi) is 4.97. The van der Waals surface area contributed by atoms with Gasteiger partial charge in [0.1, 0.15) is 11.8 Å². The summed E-state index contributed by atoms with van der Waals surface area (Å²) < 4.78 is 5.16. The zero-order valence-electron chi connectivity index (χ0n) is 12.7. The Bertz CT molecular complexity index is 659. The van der Waals surface area contributed by atoms with Crippen LogP contribution in [-0.4, -0.2) is 7.11 Å². The predicted octanol–water partition coefficient (Wildman–Crippen LogP) is 3.73. The van der Waals surface area contributed by atoms with E-state index in [1.54, 1.807) is 7.11 Å². The second-order valence-electron chi connectivity index (χ2n) is 5.16. The van der Waals surface area contributed by atoms with Gasteiger partial charge in [-0.2, -0.15) is 5.26 Å². The van der Waals surface area contributed by atoms with E-state index in [2.05, 4.69) is 49.5 Å². The van der Waals surface area contributed by atoms with Crippen LogP contribution in [0.4, 0.5) is 0 Å². The van der Waals surface area contributed by atoms with E-state index >= 15 is 0 Å². The number of nitriles is 1. The van der Waals surface area contributed by atoms with Crippen molar-refractivity contribution in [2.24, 2.45) is 0 Å². The van der Waals surface area contributed by atoms with Crippen LogP contribution in [-0.2, 0) is 6.54 Å². The van der Waals surface area contributed by atoms with Crippen LogP contribution in [0.5, 0.6) is 5.75 Å². The Hall–Kier alpha value is -2.31. The van der Waals surface area contributed by atoms with Crippen LogP contribution in [0.3, 0.4) is 0 Å². The van der Waals surface area contributed by atoms with E-state index in [0.717, 1.165) is 5.56 Å². The van der Waals surface area contributed by atoms with E-state index < -0.39 is 0 Å². The number of nitrogens with zero attached hydrogens (tertiary/aromatic N) is 1. The van der Waals surface area contributed by atoms with Crippen molar-refractivity contribution >= 4 is 0 Å². The van der Waals surface area contributed by atoms with Crippen molar-refractivity contribution in [1.82, 2.24) is 5.32 Å². The van der Waals surface area contributed by atoms with Crippen LogP contribution >= 0.6 is 0 Å². The molecule has 2 rings (SSSR count). The van der Waals surface area contributed by atoms with Gasteiger partial charge in [-0.25, -0.2) is 0 Å². The molecule has 21 heavy (non-hydrogen) atoms. The standard InChI is InChI=1S/C18H20N2O/c1-13-5-4-6-16(9-13)14(2)20-12-15-7-8-18(21-3)17(10-15)11-19/h4-10,14,20H,12H2,1-3H3/t14-/m1/s1. The summed E-state index contributed by atoms with van der Waals surface area (Å²) >= 11 is 0. The quantitative estimate of drug-likeness (QED) is 0.907. The number of rotatable bonds is 5. The molecule has 1 N–H and O–H groups in total. The van der Waals surface area contributed by atoms with Crippen molar-refractivity contribution in [1.29, 1.82) is 5.26 Å². The zero-order valence-corrected chi connectivity index (χ0v) is 12.7. The highest BCUT2D eigenvalue weighted by atomic mass is 16.5. The molecule has 3 nitrogen and oxygen atoms in total. The molecule has 0 amide bonds. The minimum atomic E-state index is 0.262. The topological polar surface area (TPSA) is 45.0 Å². The number of ether oxygens (including phenoxy) is 1. The number of nitrogens with one attached hydrogen (secondary N) is 1. The first-order valence-corrected chi connectivity index (χ1v) is 7.01. The Morgan fingerprint density at radius 3 is 2.71 bits per heavy atom. The van der Waals surface area contributed by atoms with E-state index in [1.165, 1.54) is 11.1 Å². The van der Waals surface area contributed by atoms with Gasteiger partial charge in [-0.3, -0.25) is 0 Å². The molecule has 0 aliphatic rings. The molecule has 0 radical (unpaired) electrons. The smallest absolute Gasteiger partial charge is 0.136 e. The second kappa shape index (κ2) is 6.92. The molecule has 0 aromatic heterocycles. The van der Waals surface area contributed by atoms with Crippen LogP contribution in [0.2, 0.25) is 0 Å². The van der Waals surface area contributed by atoms with Crippen LogP contribution in [0.25, 0.3) is 0 Å². The average Bonchev–Trinajstić information content (AvgIpc) is 2.52. The molecule has 0 aliphatic carbocycles. The minimum absolute atomic E-state index is 0.262. The molecule has 2 aromatic rings. The van der Waals surface area contributed by atoms with Gasteiger partial charge in [-0.05, 0) is 37.1 Å². The van der Waals surface area contributed by atoms with Gasteiger partial charge in [0.15, 0.2) is 0 Å². The molecular weight excluding hydrogens is 260 g/mol. The van der Waals surface area contributed by atoms with Crippen molar-refractivity contribution < 1.29 is 4.74 Å². The van der Waals surface area contributed by atoms with Crippen molar-refractivity contribution in [3.05, 3.63) is 64.7 Å². The van der Waals surface area contributed by atoms with Crippen LogP contribution in [0, 0.1) is 18.3 Å². The maximum atomic E-state index is 9.11. The lowest BCUT2D eigenvalue weighted by atomic mass is 10.1. The summed E-state index contributed by atoms with van der Waals surface area (Å²) in [7, 11) is 1.58. The van der Waals surface area contributed by atoms with Gasteiger partial charge in [0.05, 0.1) is 12.7 Å². The fourth-order valence-electron chi connectivity index (χ4n) is 2.28. The molecule has 0 spiro atoms. The molecule has 0 heterocycles. The average molecular weight is 280 g/mol. The first kappa shape index (κ1) is 15.1. The van der Waals surface area contributed by atoms with E-state index in [4.69, 9.17) is 10.00 Å². The lowest BCUT2D eigenvalue weighted by Gasteiger charge is -2.15. The summed E-state index contributed by atoms with van der Waals surface area (Å²) in [6.45, 7) is 4.95. The first-order chi connectivity index (χ1) is 10.1. The monoisotopic (exact) mass is 280 g/mol. The summed E-state index contributed by atoms with van der Waals surface area (Å²) in [5, 5.41) is 12.6. The maximum absolute atomic E-state index is 9.11. The van der Waals surface area contributed by atoms with E-state index in [9.17, 15) is 0 Å². The Balaban J connectivity index is 2.05. The summed E-state index contributed by atoms with van der Waals surface area (Å²) in [5.74, 6) is 0.619. The molecule has 0 saturated heterocycles. The van der Waals surface area contributed by atoms with Crippen LogP contribution in [0.15, 0.2) is 42.5 Å². The Morgan fingerprint density at radius 2 is 2.05 bits per heavy atom. The molecule has 0 bridgehead atoms. The van der Waals surface area contributed by atoms with Gasteiger partial charge >= 0.3 is 0 Å². The highest BCUT2D eigenvalue weighted by molar-refractivity contribution is 5.45. The molecule has 0 saturated carbocycles. The number of methoxy groups -OCH3 is 1. The molecule has 0 unspecified atom stereocenters. The summed E-state index contributed by atoms with van der Waals surface area (Å²) in [5.41, 5.74) is 4.17. The first-order valence-electron chi connectivity index (χ1n) is 7.01. The predicted molar refractivity (Wildman–Crippen MR) is 84.1 cm³/mol. The minimum Gasteiger partial charge on any atom is -0.495 e. The highest BCUT2D eigenvalue weighted by Crippen LogP contribution is 2.20. The molecule has 1 atom stereocenters. The fourth-order valence-corrected chi connectivity index (χ4v) is 2.28. The molecule has 3 heteroatoms. The van der Waals surface area contributed by atoms with Gasteiger partial charge in [-0.1, -0.05) is 35.9 Å². The van der Waals surface area contributed by atoms with Crippen LogP contribution in [0.1, 0.15) is 35.2 Å².